The molecule has 0 aliphatic carbocycles. The third-order valence-electron chi connectivity index (χ3n) is 2.13. The Balaban J connectivity index is 2.12. The van der Waals surface area contributed by atoms with Gasteiger partial charge in [-0.05, 0) is 11.1 Å². The molecule has 18 heavy (non-hydrogen) atoms. The summed E-state index contributed by atoms with van der Waals surface area (Å²) in [7, 11) is -3.51. The van der Waals surface area contributed by atoms with Crippen LogP contribution in [0.3, 0.4) is 0 Å². The molecular weight excluding hydrogens is 274 g/mol. The Bertz CT molecular complexity index is 611. The first-order valence-electron chi connectivity index (χ1n) is 5.04. The normalized spacial score (nSPS) is 11.4. The van der Waals surface area contributed by atoms with Gasteiger partial charge in [0.2, 0.25) is 15.2 Å². The zero-order valence-corrected chi connectivity index (χ0v) is 10.9. The molecule has 0 amide bonds. The van der Waals surface area contributed by atoms with Gasteiger partial charge >= 0.3 is 0 Å². The topological polar surface area (TPSA) is 92.2 Å². The van der Waals surface area contributed by atoms with Crippen LogP contribution in [0, 0.1) is 0 Å². The molecule has 0 saturated carbocycles. The fourth-order valence-electron chi connectivity index (χ4n) is 1.42. The molecular formula is C10H11N3O3S2. The summed E-state index contributed by atoms with van der Waals surface area (Å²) in [5.41, 5.74) is 2.74. The van der Waals surface area contributed by atoms with Gasteiger partial charge in [0.25, 0.3) is 0 Å². The minimum atomic E-state index is -3.51. The summed E-state index contributed by atoms with van der Waals surface area (Å²) in [5.74, 6) is -0.166. The number of anilines is 1. The molecule has 0 spiro atoms. The van der Waals surface area contributed by atoms with Crippen LogP contribution in [0.15, 0.2) is 29.8 Å². The summed E-state index contributed by atoms with van der Waals surface area (Å²) in [4.78, 5) is 0. The van der Waals surface area contributed by atoms with Crippen LogP contribution in [0.1, 0.15) is 11.1 Å². The zero-order chi connectivity index (χ0) is 13.0. The van der Waals surface area contributed by atoms with Crippen molar-refractivity contribution in [2.24, 2.45) is 0 Å². The van der Waals surface area contributed by atoms with Gasteiger partial charge in [-0.3, -0.25) is 4.72 Å². The van der Waals surface area contributed by atoms with Crippen molar-refractivity contribution < 1.29 is 13.5 Å². The first-order valence-corrected chi connectivity index (χ1v) is 7.57. The number of aliphatic hydroxyl groups excluding tert-OH is 1. The Labute approximate surface area is 108 Å². The first-order chi connectivity index (χ1) is 8.59. The van der Waals surface area contributed by atoms with E-state index in [9.17, 15) is 8.42 Å². The molecule has 0 saturated heterocycles. The quantitative estimate of drug-likeness (QED) is 0.854. The van der Waals surface area contributed by atoms with Crippen LogP contribution in [-0.4, -0.2) is 23.7 Å². The number of nitrogens with zero attached hydrogens (tertiary/aromatic N) is 2. The summed E-state index contributed by atoms with van der Waals surface area (Å²) in [6, 6.07) is 6.79. The molecule has 6 nitrogen and oxygen atoms in total. The summed E-state index contributed by atoms with van der Waals surface area (Å²) in [5, 5.41) is 16.4. The van der Waals surface area contributed by atoms with Crippen LogP contribution in [0.2, 0.25) is 0 Å². The summed E-state index contributed by atoms with van der Waals surface area (Å²) in [6.07, 6.45) is 0. The van der Waals surface area contributed by atoms with Crippen LogP contribution in [0.4, 0.5) is 5.13 Å². The highest BCUT2D eigenvalue weighted by Crippen LogP contribution is 2.14. The summed E-state index contributed by atoms with van der Waals surface area (Å²) >= 11 is 1.12. The molecule has 2 aromatic rings. The van der Waals surface area contributed by atoms with E-state index < -0.39 is 10.0 Å². The Morgan fingerprint density at radius 2 is 2.11 bits per heavy atom. The molecule has 1 aromatic heterocycles. The van der Waals surface area contributed by atoms with E-state index in [4.69, 9.17) is 5.11 Å². The van der Waals surface area contributed by atoms with Gasteiger partial charge in [-0.25, -0.2) is 8.42 Å². The molecule has 0 fully saturated rings. The van der Waals surface area contributed by atoms with Crippen LogP contribution < -0.4 is 4.72 Å². The lowest BCUT2D eigenvalue weighted by Gasteiger charge is -2.05. The molecule has 8 heteroatoms. The number of hydrogen-bond acceptors (Lipinski definition) is 6. The van der Waals surface area contributed by atoms with Crippen LogP contribution in [0.5, 0.6) is 0 Å². The second-order valence-electron chi connectivity index (χ2n) is 3.58. The van der Waals surface area contributed by atoms with E-state index in [2.05, 4.69) is 14.9 Å². The van der Waals surface area contributed by atoms with E-state index in [1.54, 1.807) is 24.3 Å². The van der Waals surface area contributed by atoms with Crippen molar-refractivity contribution in [3.63, 3.8) is 0 Å². The Kier molecular flexibility index (Phi) is 3.90. The van der Waals surface area contributed by atoms with E-state index in [0.29, 0.717) is 11.1 Å². The molecule has 1 heterocycles. The molecule has 0 unspecified atom stereocenters. The first kappa shape index (κ1) is 12.9. The minimum absolute atomic E-state index is 0.113. The standard InChI is InChI=1S/C10H11N3O3S2/c14-5-8-2-1-3-9(4-8)6-18(15,16)13-10-12-11-7-17-10/h1-4,7,14H,5-6H2,(H,12,13). The maximum atomic E-state index is 11.8. The second kappa shape index (κ2) is 5.42. The number of benzene rings is 1. The van der Waals surface area contributed by atoms with Gasteiger partial charge < -0.3 is 5.11 Å². The van der Waals surface area contributed by atoms with E-state index >= 15 is 0 Å². The molecule has 0 radical (unpaired) electrons. The SMILES string of the molecule is O=S(=O)(Cc1cccc(CO)c1)Nc1nncs1. The fourth-order valence-corrected chi connectivity index (χ4v) is 3.28. The molecule has 0 aliphatic rings. The molecule has 1 aromatic carbocycles. The Morgan fingerprint density at radius 3 is 2.78 bits per heavy atom. The van der Waals surface area contributed by atoms with Crippen LogP contribution >= 0.6 is 11.3 Å². The monoisotopic (exact) mass is 285 g/mol. The summed E-state index contributed by atoms with van der Waals surface area (Å²) < 4.78 is 26.0. The molecule has 96 valence electrons. The lowest BCUT2D eigenvalue weighted by Crippen LogP contribution is -2.15. The van der Waals surface area contributed by atoms with Gasteiger partial charge in [0.1, 0.15) is 5.51 Å². The molecule has 0 atom stereocenters. The summed E-state index contributed by atoms with van der Waals surface area (Å²) in [6.45, 7) is -0.113. The number of aromatic nitrogens is 2. The van der Waals surface area contributed by atoms with Crippen molar-refractivity contribution in [3.8, 4) is 0 Å². The Morgan fingerprint density at radius 1 is 1.33 bits per heavy atom. The third kappa shape index (κ3) is 3.49. The third-order valence-corrected chi connectivity index (χ3v) is 4.09. The highest BCUT2D eigenvalue weighted by atomic mass is 32.2. The van der Waals surface area contributed by atoms with Gasteiger partial charge in [-0.2, -0.15) is 0 Å². The van der Waals surface area contributed by atoms with Gasteiger partial charge in [-0.15, -0.1) is 10.2 Å². The van der Waals surface area contributed by atoms with E-state index in [-0.39, 0.29) is 17.5 Å². The van der Waals surface area contributed by atoms with E-state index in [0.717, 1.165) is 11.3 Å². The highest BCUT2D eigenvalue weighted by Gasteiger charge is 2.13. The predicted molar refractivity (Wildman–Crippen MR) is 68.5 cm³/mol. The van der Waals surface area contributed by atoms with Gasteiger partial charge in [0.15, 0.2) is 0 Å². The molecule has 0 aliphatic heterocycles. The van der Waals surface area contributed by atoms with Crippen molar-refractivity contribution in [2.45, 2.75) is 12.4 Å². The smallest absolute Gasteiger partial charge is 0.238 e. The lowest BCUT2D eigenvalue weighted by atomic mass is 10.1. The molecule has 2 N–H and O–H groups in total. The van der Waals surface area contributed by atoms with Crippen LogP contribution in [0.25, 0.3) is 0 Å². The average Bonchev–Trinajstić information content (AvgIpc) is 2.80. The number of nitrogens with one attached hydrogen (secondary N) is 1. The predicted octanol–water partition coefficient (Wildman–Crippen LogP) is 0.972. The van der Waals surface area contributed by atoms with Crippen molar-refractivity contribution in [3.05, 3.63) is 40.9 Å². The number of rotatable bonds is 5. The largest absolute Gasteiger partial charge is 0.392 e. The van der Waals surface area contributed by atoms with Gasteiger partial charge in [-0.1, -0.05) is 35.6 Å². The number of hydrogen-bond donors (Lipinski definition) is 2. The van der Waals surface area contributed by atoms with Gasteiger partial charge in [0.05, 0.1) is 12.4 Å². The Hall–Kier alpha value is -1.51. The molecule has 2 rings (SSSR count). The van der Waals surface area contributed by atoms with Crippen LogP contribution in [-0.2, 0) is 22.4 Å². The fraction of sp³-hybridized carbons (Fsp3) is 0.200. The molecule has 0 bridgehead atoms. The number of aliphatic hydroxyl groups is 1. The van der Waals surface area contributed by atoms with Crippen molar-refractivity contribution in [1.82, 2.24) is 10.2 Å². The minimum Gasteiger partial charge on any atom is -0.392 e. The maximum Gasteiger partial charge on any atom is 0.238 e. The lowest BCUT2D eigenvalue weighted by molar-refractivity contribution is 0.282. The second-order valence-corrected chi connectivity index (χ2v) is 6.14. The maximum absolute atomic E-state index is 11.8. The average molecular weight is 285 g/mol. The van der Waals surface area contributed by atoms with E-state index in [1.807, 2.05) is 0 Å². The van der Waals surface area contributed by atoms with E-state index in [1.165, 1.54) is 5.51 Å². The zero-order valence-electron chi connectivity index (χ0n) is 9.28. The van der Waals surface area contributed by atoms with Crippen molar-refractivity contribution >= 4 is 26.5 Å². The van der Waals surface area contributed by atoms with Gasteiger partial charge in [0, 0.05) is 0 Å². The number of sulfonamides is 1. The van der Waals surface area contributed by atoms with Crippen molar-refractivity contribution in [1.29, 1.82) is 0 Å². The van der Waals surface area contributed by atoms with Crippen molar-refractivity contribution in [2.75, 3.05) is 4.72 Å². The highest BCUT2D eigenvalue weighted by molar-refractivity contribution is 7.92.